The number of carboxylic acid groups (broad SMARTS) is 3. The molecule has 0 saturated carbocycles. The van der Waals surface area contributed by atoms with Crippen molar-refractivity contribution >= 4 is 17.9 Å². The van der Waals surface area contributed by atoms with Crippen molar-refractivity contribution in [2.75, 3.05) is 0 Å². The van der Waals surface area contributed by atoms with Crippen LogP contribution in [0.2, 0.25) is 0 Å². The van der Waals surface area contributed by atoms with Crippen LogP contribution in [0.15, 0.2) is 0 Å². The fraction of sp³-hybridized carbons (Fsp3) is 0.769. The average Bonchev–Trinajstić information content (AvgIpc) is 2.29. The van der Waals surface area contributed by atoms with Gasteiger partial charge < -0.3 is 15.3 Å². The minimum atomic E-state index is -1.08. The fourth-order valence-electron chi connectivity index (χ4n) is 1.90. The van der Waals surface area contributed by atoms with E-state index in [4.69, 9.17) is 15.3 Å². The lowest BCUT2D eigenvalue weighted by Crippen LogP contribution is -2.17. The van der Waals surface area contributed by atoms with Gasteiger partial charge in [-0.1, -0.05) is 32.1 Å². The summed E-state index contributed by atoms with van der Waals surface area (Å²) >= 11 is 0. The summed E-state index contributed by atoms with van der Waals surface area (Å²) in [4.78, 5) is 31.5. The Morgan fingerprint density at radius 2 is 1.26 bits per heavy atom. The highest BCUT2D eigenvalue weighted by atomic mass is 16.4. The predicted octanol–water partition coefficient (Wildman–Crippen LogP) is 2.37. The van der Waals surface area contributed by atoms with Gasteiger partial charge in [-0.2, -0.15) is 0 Å². The van der Waals surface area contributed by atoms with Crippen molar-refractivity contribution in [2.24, 2.45) is 5.92 Å². The Labute approximate surface area is 112 Å². The largest absolute Gasteiger partial charge is 0.481 e. The van der Waals surface area contributed by atoms with Crippen LogP contribution in [-0.2, 0) is 14.4 Å². The van der Waals surface area contributed by atoms with Crippen LogP contribution in [-0.4, -0.2) is 33.2 Å². The van der Waals surface area contributed by atoms with E-state index in [1.165, 1.54) is 0 Å². The third-order valence-electron chi connectivity index (χ3n) is 2.96. The van der Waals surface area contributed by atoms with Gasteiger partial charge in [0.15, 0.2) is 0 Å². The SMILES string of the molecule is O=C(O)CCCCCCCCC(CC(=O)O)C(=O)O. The average molecular weight is 274 g/mol. The first-order chi connectivity index (χ1) is 8.93. The molecule has 0 aliphatic rings. The van der Waals surface area contributed by atoms with E-state index in [2.05, 4.69) is 0 Å². The molecule has 1 atom stereocenters. The summed E-state index contributed by atoms with van der Waals surface area (Å²) in [5, 5.41) is 25.8. The van der Waals surface area contributed by atoms with Gasteiger partial charge in [0.1, 0.15) is 0 Å². The smallest absolute Gasteiger partial charge is 0.307 e. The zero-order valence-corrected chi connectivity index (χ0v) is 11.0. The van der Waals surface area contributed by atoms with E-state index in [1.54, 1.807) is 0 Å². The van der Waals surface area contributed by atoms with E-state index in [-0.39, 0.29) is 12.8 Å². The molecule has 1 unspecified atom stereocenters. The van der Waals surface area contributed by atoms with Crippen LogP contribution in [0, 0.1) is 5.92 Å². The molecule has 0 fully saturated rings. The van der Waals surface area contributed by atoms with Crippen LogP contribution in [0.4, 0.5) is 0 Å². The number of unbranched alkanes of at least 4 members (excludes halogenated alkanes) is 5. The monoisotopic (exact) mass is 274 g/mol. The molecular formula is C13H22O6. The second kappa shape index (κ2) is 10.3. The zero-order chi connectivity index (χ0) is 14.7. The first-order valence-electron chi connectivity index (χ1n) is 6.60. The van der Waals surface area contributed by atoms with Gasteiger partial charge in [-0.15, -0.1) is 0 Å². The van der Waals surface area contributed by atoms with E-state index >= 15 is 0 Å². The van der Waals surface area contributed by atoms with Gasteiger partial charge >= 0.3 is 17.9 Å². The lowest BCUT2D eigenvalue weighted by atomic mass is 9.97. The molecule has 0 amide bonds. The molecule has 3 N–H and O–H groups in total. The van der Waals surface area contributed by atoms with E-state index < -0.39 is 23.8 Å². The van der Waals surface area contributed by atoms with E-state index in [9.17, 15) is 14.4 Å². The van der Waals surface area contributed by atoms with Crippen LogP contribution in [0.1, 0.15) is 57.8 Å². The first-order valence-corrected chi connectivity index (χ1v) is 6.60. The molecule has 0 aliphatic heterocycles. The number of aliphatic carboxylic acids is 3. The molecule has 6 nitrogen and oxygen atoms in total. The molecule has 0 saturated heterocycles. The van der Waals surface area contributed by atoms with E-state index in [0.29, 0.717) is 19.3 Å². The molecule has 0 aromatic carbocycles. The van der Waals surface area contributed by atoms with E-state index in [1.807, 2.05) is 0 Å². The normalized spacial score (nSPS) is 12.0. The highest BCUT2D eigenvalue weighted by Gasteiger charge is 2.20. The van der Waals surface area contributed by atoms with Gasteiger partial charge in [0.25, 0.3) is 0 Å². The summed E-state index contributed by atoms with van der Waals surface area (Å²) in [7, 11) is 0. The predicted molar refractivity (Wildman–Crippen MR) is 68.0 cm³/mol. The summed E-state index contributed by atoms with van der Waals surface area (Å²) in [5.74, 6) is -3.72. The van der Waals surface area contributed by atoms with Crippen LogP contribution in [0.25, 0.3) is 0 Å². The number of hydrogen-bond donors (Lipinski definition) is 3. The Morgan fingerprint density at radius 1 is 0.737 bits per heavy atom. The van der Waals surface area contributed by atoms with Gasteiger partial charge in [-0.05, 0) is 12.8 Å². The lowest BCUT2D eigenvalue weighted by Gasteiger charge is -2.09. The van der Waals surface area contributed by atoms with Gasteiger partial charge in [0.05, 0.1) is 12.3 Å². The molecule has 0 aromatic rings. The number of hydrogen-bond acceptors (Lipinski definition) is 3. The molecule has 6 heteroatoms. The second-order valence-electron chi connectivity index (χ2n) is 4.69. The Kier molecular flexibility index (Phi) is 9.48. The number of carboxylic acids is 3. The zero-order valence-electron chi connectivity index (χ0n) is 11.0. The molecule has 0 rings (SSSR count). The molecule has 0 heterocycles. The minimum absolute atomic E-state index is 0.194. The van der Waals surface area contributed by atoms with Crippen LogP contribution >= 0.6 is 0 Å². The Bertz CT molecular complexity index is 300. The molecular weight excluding hydrogens is 252 g/mol. The molecule has 0 aliphatic carbocycles. The molecule has 110 valence electrons. The second-order valence-corrected chi connectivity index (χ2v) is 4.69. The summed E-state index contributed by atoms with van der Waals surface area (Å²) < 4.78 is 0. The molecule has 0 bridgehead atoms. The van der Waals surface area contributed by atoms with Gasteiger partial charge in [0.2, 0.25) is 0 Å². The quantitative estimate of drug-likeness (QED) is 0.471. The standard InChI is InChI=1S/C13H22O6/c14-11(15)8-6-4-2-1-3-5-7-10(13(18)19)9-12(16)17/h10H,1-9H2,(H,14,15)(H,16,17)(H,18,19). The first kappa shape index (κ1) is 17.4. The van der Waals surface area contributed by atoms with Crippen LogP contribution in [0.3, 0.4) is 0 Å². The van der Waals surface area contributed by atoms with Crippen molar-refractivity contribution in [3.63, 3.8) is 0 Å². The third-order valence-corrected chi connectivity index (χ3v) is 2.96. The molecule has 19 heavy (non-hydrogen) atoms. The highest BCUT2D eigenvalue weighted by molar-refractivity contribution is 5.77. The van der Waals surface area contributed by atoms with Crippen LogP contribution in [0.5, 0.6) is 0 Å². The summed E-state index contributed by atoms with van der Waals surface area (Å²) in [6.07, 6.45) is 5.21. The topological polar surface area (TPSA) is 112 Å². The van der Waals surface area contributed by atoms with Gasteiger partial charge in [0, 0.05) is 6.42 Å². The van der Waals surface area contributed by atoms with Crippen molar-refractivity contribution in [3.8, 4) is 0 Å². The van der Waals surface area contributed by atoms with Crippen molar-refractivity contribution in [2.45, 2.75) is 57.8 Å². The number of carbonyl (C=O) groups is 3. The number of rotatable bonds is 12. The highest BCUT2D eigenvalue weighted by Crippen LogP contribution is 2.16. The maximum absolute atomic E-state index is 10.8. The van der Waals surface area contributed by atoms with Crippen molar-refractivity contribution in [1.29, 1.82) is 0 Å². The van der Waals surface area contributed by atoms with Gasteiger partial charge in [-0.25, -0.2) is 0 Å². The Morgan fingerprint density at radius 3 is 1.74 bits per heavy atom. The van der Waals surface area contributed by atoms with Crippen molar-refractivity contribution in [3.05, 3.63) is 0 Å². The third kappa shape index (κ3) is 11.2. The molecule has 0 radical (unpaired) electrons. The Balaban J connectivity index is 3.52. The van der Waals surface area contributed by atoms with Crippen molar-refractivity contribution < 1.29 is 29.7 Å². The lowest BCUT2D eigenvalue weighted by molar-refractivity contribution is -0.148. The van der Waals surface area contributed by atoms with Gasteiger partial charge in [-0.3, -0.25) is 14.4 Å². The summed E-state index contributed by atoms with van der Waals surface area (Å²) in [6, 6.07) is 0. The Hall–Kier alpha value is -1.59. The summed E-state index contributed by atoms with van der Waals surface area (Å²) in [5.41, 5.74) is 0. The molecule has 0 aromatic heterocycles. The van der Waals surface area contributed by atoms with Crippen LogP contribution < -0.4 is 0 Å². The van der Waals surface area contributed by atoms with Crippen molar-refractivity contribution in [1.82, 2.24) is 0 Å². The maximum Gasteiger partial charge on any atom is 0.307 e. The fourth-order valence-corrected chi connectivity index (χ4v) is 1.90. The summed E-state index contributed by atoms with van der Waals surface area (Å²) in [6.45, 7) is 0. The molecule has 0 spiro atoms. The maximum atomic E-state index is 10.8. The minimum Gasteiger partial charge on any atom is -0.481 e. The van der Waals surface area contributed by atoms with E-state index in [0.717, 1.165) is 25.7 Å².